The Morgan fingerprint density at radius 3 is 2.45 bits per heavy atom. The van der Waals surface area contributed by atoms with Crippen LogP contribution in [0.2, 0.25) is 10.0 Å². The first-order valence-electron chi connectivity index (χ1n) is 6.99. The molecule has 0 spiro atoms. The fourth-order valence-electron chi connectivity index (χ4n) is 1.98. The summed E-state index contributed by atoms with van der Waals surface area (Å²) in [6.45, 7) is 3.11. The fourth-order valence-corrected chi connectivity index (χ4v) is 2.27. The average Bonchev–Trinajstić information content (AvgIpc) is 2.54. The summed E-state index contributed by atoms with van der Waals surface area (Å²) in [5.74, 6) is 0.455. The topological polar surface area (TPSA) is 29.5 Å². The van der Waals surface area contributed by atoms with Gasteiger partial charge >= 0.3 is 0 Å². The molecule has 0 radical (unpaired) electrons. The van der Waals surface area contributed by atoms with Crippen molar-refractivity contribution in [3.8, 4) is 5.75 Å². The molecule has 0 aromatic heterocycles. The maximum Gasteiger partial charge on any atom is 0.260 e. The Hall–Kier alpha value is -1.71. The molecule has 0 aliphatic heterocycles. The molecule has 2 rings (SSSR count). The number of halogens is 2. The van der Waals surface area contributed by atoms with E-state index in [0.717, 1.165) is 5.56 Å². The van der Waals surface area contributed by atoms with Crippen LogP contribution in [0.3, 0.4) is 0 Å². The van der Waals surface area contributed by atoms with Crippen LogP contribution in [-0.4, -0.2) is 24.0 Å². The van der Waals surface area contributed by atoms with Crippen LogP contribution in [0.15, 0.2) is 48.5 Å². The van der Waals surface area contributed by atoms with Crippen LogP contribution >= 0.6 is 23.2 Å². The molecule has 2 aromatic rings. The normalized spacial score (nSPS) is 10.3. The number of nitrogens with zero attached hydrogens (tertiary/aromatic N) is 1. The van der Waals surface area contributed by atoms with E-state index >= 15 is 0 Å². The molecular formula is C17H17Cl2NO2. The predicted octanol–water partition coefficient (Wildman–Crippen LogP) is 4.42. The third-order valence-electron chi connectivity index (χ3n) is 3.20. The number of carbonyl (C=O) groups is 1. The van der Waals surface area contributed by atoms with Gasteiger partial charge in [-0.2, -0.15) is 0 Å². The summed E-state index contributed by atoms with van der Waals surface area (Å²) >= 11 is 11.8. The highest BCUT2D eigenvalue weighted by molar-refractivity contribution is 6.42. The third-order valence-corrected chi connectivity index (χ3v) is 3.94. The predicted molar refractivity (Wildman–Crippen MR) is 89.5 cm³/mol. The zero-order chi connectivity index (χ0) is 15.9. The molecule has 2 aromatic carbocycles. The van der Waals surface area contributed by atoms with Crippen molar-refractivity contribution < 1.29 is 9.53 Å². The van der Waals surface area contributed by atoms with Gasteiger partial charge in [-0.25, -0.2) is 0 Å². The minimum absolute atomic E-state index is 0.0291. The van der Waals surface area contributed by atoms with Gasteiger partial charge in [-0.15, -0.1) is 0 Å². The molecule has 0 bridgehead atoms. The van der Waals surface area contributed by atoms with E-state index in [1.54, 1.807) is 23.1 Å². The Balaban J connectivity index is 1.93. The maximum absolute atomic E-state index is 12.2. The lowest BCUT2D eigenvalue weighted by atomic mass is 10.2. The van der Waals surface area contributed by atoms with Crippen LogP contribution < -0.4 is 4.74 Å². The standard InChI is InChI=1S/C17H17Cl2NO2/c1-2-20(11-13-6-4-3-5-7-13)17(21)12-22-14-8-9-15(18)16(19)10-14/h3-10H,2,11-12H2,1H3. The fraction of sp³-hybridized carbons (Fsp3) is 0.235. The lowest BCUT2D eigenvalue weighted by Crippen LogP contribution is -2.34. The summed E-state index contributed by atoms with van der Waals surface area (Å²) in [7, 11) is 0. The minimum Gasteiger partial charge on any atom is -0.484 e. The molecule has 0 saturated heterocycles. The Labute approximate surface area is 140 Å². The number of likely N-dealkylation sites (N-methyl/N-ethyl adjacent to an activating group) is 1. The summed E-state index contributed by atoms with van der Waals surface area (Å²) in [5, 5.41) is 0.864. The van der Waals surface area contributed by atoms with Gasteiger partial charge in [0.1, 0.15) is 5.75 Å². The van der Waals surface area contributed by atoms with Gasteiger partial charge in [-0.1, -0.05) is 53.5 Å². The zero-order valence-electron chi connectivity index (χ0n) is 12.3. The molecule has 0 saturated carbocycles. The summed E-state index contributed by atoms with van der Waals surface area (Å²) in [4.78, 5) is 14.0. The van der Waals surface area contributed by atoms with Gasteiger partial charge in [-0.05, 0) is 24.6 Å². The molecule has 0 heterocycles. The van der Waals surface area contributed by atoms with Gasteiger partial charge in [0.05, 0.1) is 10.0 Å². The number of benzene rings is 2. The second-order valence-corrected chi connectivity index (χ2v) is 5.57. The first kappa shape index (κ1) is 16.7. The highest BCUT2D eigenvalue weighted by Crippen LogP contribution is 2.26. The molecule has 0 atom stereocenters. The van der Waals surface area contributed by atoms with Crippen LogP contribution in [0.1, 0.15) is 12.5 Å². The molecule has 3 nitrogen and oxygen atoms in total. The van der Waals surface area contributed by atoms with Crippen molar-refractivity contribution in [1.82, 2.24) is 4.90 Å². The summed E-state index contributed by atoms with van der Waals surface area (Å²) in [5.41, 5.74) is 1.09. The van der Waals surface area contributed by atoms with Crippen molar-refractivity contribution in [2.75, 3.05) is 13.2 Å². The van der Waals surface area contributed by atoms with E-state index in [9.17, 15) is 4.79 Å². The van der Waals surface area contributed by atoms with E-state index in [1.165, 1.54) is 0 Å². The largest absolute Gasteiger partial charge is 0.484 e. The van der Waals surface area contributed by atoms with Gasteiger partial charge < -0.3 is 9.64 Å². The molecule has 0 fully saturated rings. The second kappa shape index (κ2) is 8.06. The quantitative estimate of drug-likeness (QED) is 0.780. The number of ether oxygens (including phenoxy) is 1. The van der Waals surface area contributed by atoms with Crippen LogP contribution in [0.5, 0.6) is 5.75 Å². The number of hydrogen-bond acceptors (Lipinski definition) is 2. The lowest BCUT2D eigenvalue weighted by molar-refractivity contribution is -0.133. The Morgan fingerprint density at radius 2 is 1.82 bits per heavy atom. The second-order valence-electron chi connectivity index (χ2n) is 4.76. The van der Waals surface area contributed by atoms with Gasteiger partial charge in [-0.3, -0.25) is 4.79 Å². The molecule has 0 aliphatic rings. The van der Waals surface area contributed by atoms with E-state index in [1.807, 2.05) is 37.3 Å². The van der Waals surface area contributed by atoms with E-state index in [0.29, 0.717) is 28.9 Å². The smallest absolute Gasteiger partial charge is 0.260 e. The molecule has 1 amide bonds. The van der Waals surface area contributed by atoms with E-state index < -0.39 is 0 Å². The molecule has 5 heteroatoms. The van der Waals surface area contributed by atoms with Gasteiger partial charge in [0.25, 0.3) is 5.91 Å². The Morgan fingerprint density at radius 1 is 1.09 bits per heavy atom. The first-order chi connectivity index (χ1) is 10.6. The zero-order valence-corrected chi connectivity index (χ0v) is 13.8. The van der Waals surface area contributed by atoms with Crippen LogP contribution in [-0.2, 0) is 11.3 Å². The third kappa shape index (κ3) is 4.65. The first-order valence-corrected chi connectivity index (χ1v) is 7.75. The van der Waals surface area contributed by atoms with Crippen molar-refractivity contribution >= 4 is 29.1 Å². The molecule has 22 heavy (non-hydrogen) atoms. The lowest BCUT2D eigenvalue weighted by Gasteiger charge is -2.21. The van der Waals surface area contributed by atoms with Gasteiger partial charge in [0.15, 0.2) is 6.61 Å². The molecule has 0 aliphatic carbocycles. The van der Waals surface area contributed by atoms with Crippen molar-refractivity contribution in [3.05, 3.63) is 64.1 Å². The summed E-state index contributed by atoms with van der Waals surface area (Å²) in [6, 6.07) is 14.8. The van der Waals surface area contributed by atoms with E-state index in [4.69, 9.17) is 27.9 Å². The van der Waals surface area contributed by atoms with Crippen LogP contribution in [0.4, 0.5) is 0 Å². The molecule has 0 unspecified atom stereocenters. The number of carbonyl (C=O) groups excluding carboxylic acids is 1. The van der Waals surface area contributed by atoms with Crippen molar-refractivity contribution in [2.24, 2.45) is 0 Å². The number of hydrogen-bond donors (Lipinski definition) is 0. The molecule has 0 N–H and O–H groups in total. The number of rotatable bonds is 6. The maximum atomic E-state index is 12.2. The number of amides is 1. The highest BCUT2D eigenvalue weighted by Gasteiger charge is 2.13. The molecular weight excluding hydrogens is 321 g/mol. The van der Waals surface area contributed by atoms with Crippen molar-refractivity contribution in [3.63, 3.8) is 0 Å². The summed E-state index contributed by atoms with van der Waals surface area (Å²) < 4.78 is 5.49. The SMILES string of the molecule is CCN(Cc1ccccc1)C(=O)COc1ccc(Cl)c(Cl)c1. The Kier molecular flexibility index (Phi) is 6.10. The van der Waals surface area contributed by atoms with Gasteiger partial charge in [0, 0.05) is 19.2 Å². The van der Waals surface area contributed by atoms with E-state index in [2.05, 4.69) is 0 Å². The van der Waals surface area contributed by atoms with Crippen molar-refractivity contribution in [2.45, 2.75) is 13.5 Å². The van der Waals surface area contributed by atoms with Crippen LogP contribution in [0.25, 0.3) is 0 Å². The molecule has 116 valence electrons. The van der Waals surface area contributed by atoms with Crippen molar-refractivity contribution in [1.29, 1.82) is 0 Å². The summed E-state index contributed by atoms with van der Waals surface area (Å²) in [6.07, 6.45) is 0. The Bertz CT molecular complexity index is 632. The van der Waals surface area contributed by atoms with Gasteiger partial charge in [0.2, 0.25) is 0 Å². The monoisotopic (exact) mass is 337 g/mol. The average molecular weight is 338 g/mol. The minimum atomic E-state index is -0.0718. The highest BCUT2D eigenvalue weighted by atomic mass is 35.5. The van der Waals surface area contributed by atoms with E-state index in [-0.39, 0.29) is 12.5 Å². The van der Waals surface area contributed by atoms with Crippen LogP contribution in [0, 0.1) is 0 Å².